The molecule has 2 aromatic carbocycles. The number of ether oxygens (including phenoxy) is 2. The van der Waals surface area contributed by atoms with E-state index in [0.717, 1.165) is 25.9 Å². The smallest absolute Gasteiger partial charge is 0.242 e. The predicted molar refractivity (Wildman–Crippen MR) is 112 cm³/mol. The van der Waals surface area contributed by atoms with Gasteiger partial charge in [0.1, 0.15) is 4.90 Å². The molecule has 1 aliphatic rings. The Balaban J connectivity index is 1.73. The Hall–Kier alpha value is -1.61. The monoisotopic (exact) mass is 468 g/mol. The Kier molecular flexibility index (Phi) is 6.98. The van der Waals surface area contributed by atoms with Crippen molar-refractivity contribution >= 4 is 26.0 Å². The van der Waals surface area contributed by atoms with E-state index in [9.17, 15) is 8.42 Å². The number of nitrogens with zero attached hydrogens (tertiary/aromatic N) is 1. The van der Waals surface area contributed by atoms with Crippen LogP contribution in [0.15, 0.2) is 51.8 Å². The zero-order chi connectivity index (χ0) is 20.1. The van der Waals surface area contributed by atoms with Crippen molar-refractivity contribution in [3.63, 3.8) is 0 Å². The average molecular weight is 469 g/mol. The standard InChI is InChI=1S/C20H25BrN2O4S/c1-26-18-11-17(21)20(12-19(18)27-2)28(24,25)22-16-9-6-10-23(14-16)13-15-7-4-3-5-8-15/h3-5,7-8,11-12,16,22H,6,9-10,13-14H2,1-2H3. The van der Waals surface area contributed by atoms with Crippen LogP contribution in [0, 0.1) is 0 Å². The molecule has 0 aliphatic carbocycles. The van der Waals surface area contributed by atoms with Crippen LogP contribution in [0.25, 0.3) is 0 Å². The maximum absolute atomic E-state index is 13.0. The van der Waals surface area contributed by atoms with Crippen molar-refractivity contribution < 1.29 is 17.9 Å². The quantitative estimate of drug-likeness (QED) is 0.674. The minimum absolute atomic E-state index is 0.137. The summed E-state index contributed by atoms with van der Waals surface area (Å²) in [6.07, 6.45) is 1.77. The van der Waals surface area contributed by atoms with Crippen molar-refractivity contribution in [1.29, 1.82) is 0 Å². The van der Waals surface area contributed by atoms with Crippen molar-refractivity contribution in [3.8, 4) is 11.5 Å². The summed E-state index contributed by atoms with van der Waals surface area (Å²) in [7, 11) is -0.705. The third kappa shape index (κ3) is 5.05. The summed E-state index contributed by atoms with van der Waals surface area (Å²) in [5, 5.41) is 0. The van der Waals surface area contributed by atoms with Gasteiger partial charge in [-0.05, 0) is 46.9 Å². The highest BCUT2D eigenvalue weighted by Gasteiger charge is 2.27. The fourth-order valence-corrected chi connectivity index (χ4v) is 5.76. The second kappa shape index (κ2) is 9.26. The summed E-state index contributed by atoms with van der Waals surface area (Å²) in [6.45, 7) is 2.46. The molecule has 0 bridgehead atoms. The summed E-state index contributed by atoms with van der Waals surface area (Å²) in [4.78, 5) is 2.43. The van der Waals surface area contributed by atoms with Crippen LogP contribution in [-0.2, 0) is 16.6 Å². The van der Waals surface area contributed by atoms with Gasteiger partial charge in [-0.3, -0.25) is 4.90 Å². The van der Waals surface area contributed by atoms with Crippen LogP contribution in [0.3, 0.4) is 0 Å². The van der Waals surface area contributed by atoms with E-state index in [4.69, 9.17) is 9.47 Å². The van der Waals surface area contributed by atoms with Crippen LogP contribution in [0.4, 0.5) is 0 Å². The number of hydrogen-bond acceptors (Lipinski definition) is 5. The predicted octanol–water partition coefficient (Wildman–Crippen LogP) is 3.41. The number of benzene rings is 2. The van der Waals surface area contributed by atoms with Gasteiger partial charge in [-0.1, -0.05) is 30.3 Å². The zero-order valence-electron chi connectivity index (χ0n) is 16.0. The first-order valence-corrected chi connectivity index (χ1v) is 11.4. The van der Waals surface area contributed by atoms with E-state index in [2.05, 4.69) is 37.7 Å². The van der Waals surface area contributed by atoms with Gasteiger partial charge in [0.25, 0.3) is 0 Å². The third-order valence-corrected chi connectivity index (χ3v) is 7.28. The number of likely N-dealkylation sites (tertiary alicyclic amines) is 1. The van der Waals surface area contributed by atoms with E-state index in [1.165, 1.54) is 25.8 Å². The first-order valence-electron chi connectivity index (χ1n) is 9.13. The highest BCUT2D eigenvalue weighted by Crippen LogP contribution is 2.35. The molecule has 6 nitrogen and oxygen atoms in total. The highest BCUT2D eigenvalue weighted by molar-refractivity contribution is 9.10. The highest BCUT2D eigenvalue weighted by atomic mass is 79.9. The second-order valence-electron chi connectivity index (χ2n) is 6.82. The van der Waals surface area contributed by atoms with Crippen molar-refractivity contribution in [2.45, 2.75) is 30.3 Å². The lowest BCUT2D eigenvalue weighted by molar-refractivity contribution is 0.194. The van der Waals surface area contributed by atoms with E-state index < -0.39 is 10.0 Å². The van der Waals surface area contributed by atoms with Gasteiger partial charge >= 0.3 is 0 Å². The molecule has 28 heavy (non-hydrogen) atoms. The number of halogens is 1. The summed E-state index contributed by atoms with van der Waals surface area (Å²) in [5.41, 5.74) is 1.23. The molecule has 1 heterocycles. The molecule has 152 valence electrons. The zero-order valence-corrected chi connectivity index (χ0v) is 18.4. The van der Waals surface area contributed by atoms with Crippen LogP contribution in [0.2, 0.25) is 0 Å². The molecule has 0 amide bonds. The molecule has 8 heteroatoms. The number of methoxy groups -OCH3 is 2. The normalized spacial score (nSPS) is 18.0. The third-order valence-electron chi connectivity index (χ3n) is 4.80. The van der Waals surface area contributed by atoms with Crippen molar-refractivity contribution in [3.05, 3.63) is 52.5 Å². The van der Waals surface area contributed by atoms with Crippen LogP contribution in [0.5, 0.6) is 11.5 Å². The largest absolute Gasteiger partial charge is 0.493 e. The topological polar surface area (TPSA) is 67.9 Å². The van der Waals surface area contributed by atoms with Gasteiger partial charge in [-0.15, -0.1) is 0 Å². The Morgan fingerprint density at radius 2 is 1.82 bits per heavy atom. The van der Waals surface area contributed by atoms with Gasteiger partial charge in [-0.25, -0.2) is 13.1 Å². The van der Waals surface area contributed by atoms with E-state index in [-0.39, 0.29) is 10.9 Å². The number of nitrogens with one attached hydrogen (secondary N) is 1. The van der Waals surface area contributed by atoms with E-state index in [1.54, 1.807) is 6.07 Å². The molecule has 1 atom stereocenters. The van der Waals surface area contributed by atoms with Gasteiger partial charge < -0.3 is 9.47 Å². The lowest BCUT2D eigenvalue weighted by Crippen LogP contribution is -2.47. The number of sulfonamides is 1. The minimum Gasteiger partial charge on any atom is -0.493 e. The molecule has 1 aliphatic heterocycles. The Morgan fingerprint density at radius 1 is 1.14 bits per heavy atom. The van der Waals surface area contributed by atoms with Crippen LogP contribution in [0.1, 0.15) is 18.4 Å². The van der Waals surface area contributed by atoms with Crippen LogP contribution < -0.4 is 14.2 Å². The Bertz CT molecular complexity index is 906. The van der Waals surface area contributed by atoms with E-state index in [1.807, 2.05) is 18.2 Å². The summed E-state index contributed by atoms with van der Waals surface area (Å²) < 4.78 is 39.8. The Morgan fingerprint density at radius 3 is 2.50 bits per heavy atom. The molecule has 0 saturated carbocycles. The van der Waals surface area contributed by atoms with Crippen LogP contribution in [-0.4, -0.2) is 46.7 Å². The first-order chi connectivity index (χ1) is 13.4. The van der Waals surface area contributed by atoms with Gasteiger partial charge in [0.2, 0.25) is 10.0 Å². The number of piperidine rings is 1. The SMILES string of the molecule is COc1cc(Br)c(S(=O)(=O)NC2CCCN(Cc3ccccc3)C2)cc1OC. The van der Waals surface area contributed by atoms with Gasteiger partial charge in [0, 0.05) is 29.7 Å². The minimum atomic E-state index is -3.70. The summed E-state index contributed by atoms with van der Waals surface area (Å²) in [5.74, 6) is 0.848. The maximum Gasteiger partial charge on any atom is 0.242 e. The van der Waals surface area contributed by atoms with Gasteiger partial charge in [0.05, 0.1) is 14.2 Å². The molecular weight excluding hydrogens is 444 g/mol. The second-order valence-corrected chi connectivity index (χ2v) is 9.36. The van der Waals surface area contributed by atoms with E-state index in [0.29, 0.717) is 22.5 Å². The summed E-state index contributed by atoms with van der Waals surface area (Å²) in [6, 6.07) is 13.2. The van der Waals surface area contributed by atoms with Gasteiger partial charge in [-0.2, -0.15) is 0 Å². The lowest BCUT2D eigenvalue weighted by atomic mass is 10.1. The molecular formula is C20H25BrN2O4S. The lowest BCUT2D eigenvalue weighted by Gasteiger charge is -2.33. The molecule has 0 aromatic heterocycles. The number of hydrogen-bond donors (Lipinski definition) is 1. The Labute approximate surface area is 175 Å². The first kappa shape index (κ1) is 21.1. The average Bonchev–Trinajstić information content (AvgIpc) is 2.68. The van der Waals surface area contributed by atoms with Crippen molar-refractivity contribution in [2.75, 3.05) is 27.3 Å². The molecule has 0 spiro atoms. The molecule has 0 radical (unpaired) electrons. The van der Waals surface area contributed by atoms with Crippen LogP contribution >= 0.6 is 15.9 Å². The molecule has 1 saturated heterocycles. The van der Waals surface area contributed by atoms with Gasteiger partial charge in [0.15, 0.2) is 11.5 Å². The summed E-state index contributed by atoms with van der Waals surface area (Å²) >= 11 is 3.34. The maximum atomic E-state index is 13.0. The fourth-order valence-electron chi connectivity index (χ4n) is 3.46. The molecule has 1 N–H and O–H groups in total. The molecule has 1 fully saturated rings. The van der Waals surface area contributed by atoms with Crippen molar-refractivity contribution in [2.24, 2.45) is 0 Å². The number of rotatable bonds is 7. The molecule has 2 aromatic rings. The molecule has 3 rings (SSSR count). The fraction of sp³-hybridized carbons (Fsp3) is 0.400. The van der Waals surface area contributed by atoms with Crippen molar-refractivity contribution in [1.82, 2.24) is 9.62 Å². The molecule has 1 unspecified atom stereocenters. The van der Waals surface area contributed by atoms with E-state index >= 15 is 0 Å².